The largest absolute Gasteiger partial charge is 0.325 e. The van der Waals surface area contributed by atoms with E-state index in [1.165, 1.54) is 12.4 Å². The highest BCUT2D eigenvalue weighted by Gasteiger charge is 2.21. The van der Waals surface area contributed by atoms with Gasteiger partial charge in [-0.05, 0) is 38.1 Å². The monoisotopic (exact) mass is 429 g/mol. The molecule has 160 valence electrons. The van der Waals surface area contributed by atoms with Gasteiger partial charge in [0.05, 0.1) is 17.4 Å². The second kappa shape index (κ2) is 7.65. The van der Waals surface area contributed by atoms with Crippen molar-refractivity contribution in [2.24, 2.45) is 0 Å². The minimum Gasteiger partial charge on any atom is -0.325 e. The van der Waals surface area contributed by atoms with Crippen LogP contribution >= 0.6 is 0 Å². The Balaban J connectivity index is 1.32. The number of aromatic amines is 1. The molecular weight excluding hydrogens is 409 g/mol. The number of halogens is 1. The summed E-state index contributed by atoms with van der Waals surface area (Å²) in [5.41, 5.74) is 3.46. The molecule has 6 heterocycles. The predicted molar refractivity (Wildman–Crippen MR) is 119 cm³/mol. The zero-order valence-electron chi connectivity index (χ0n) is 17.1. The molecule has 1 aliphatic heterocycles. The van der Waals surface area contributed by atoms with E-state index in [1.54, 1.807) is 18.6 Å². The number of fused-ring (bicyclic) bond motifs is 2. The Hall–Kier alpha value is -3.92. The molecule has 0 radical (unpaired) electrons. The first-order valence-corrected chi connectivity index (χ1v) is 10.5. The van der Waals surface area contributed by atoms with Crippen LogP contribution < -0.4 is 10.6 Å². The molecule has 6 rings (SSSR count). The van der Waals surface area contributed by atoms with Gasteiger partial charge in [-0.1, -0.05) is 0 Å². The van der Waals surface area contributed by atoms with Crippen LogP contribution in [0.5, 0.6) is 0 Å². The molecular formula is C22H20FN9. The maximum atomic E-state index is 14.5. The lowest BCUT2D eigenvalue weighted by Gasteiger charge is -2.24. The Bertz CT molecular complexity index is 1410. The van der Waals surface area contributed by atoms with Crippen molar-refractivity contribution in [2.75, 3.05) is 18.4 Å². The SMILES string of the molecule is Fc1cn(C2CCNCC2)c2nc(Nc3cc(-c4ccnc5ccncc45)[nH]n3)cnc12. The quantitative estimate of drug-likeness (QED) is 0.401. The molecule has 0 bridgehead atoms. The summed E-state index contributed by atoms with van der Waals surface area (Å²) in [6, 6.07) is 5.89. The summed E-state index contributed by atoms with van der Waals surface area (Å²) in [5.74, 6) is 0.742. The molecule has 5 aromatic rings. The summed E-state index contributed by atoms with van der Waals surface area (Å²) in [6.45, 7) is 1.82. The van der Waals surface area contributed by atoms with Crippen molar-refractivity contribution in [3.05, 3.63) is 55.0 Å². The average molecular weight is 429 g/mol. The lowest BCUT2D eigenvalue weighted by molar-refractivity contribution is 0.372. The van der Waals surface area contributed by atoms with Gasteiger partial charge in [-0.3, -0.25) is 15.1 Å². The van der Waals surface area contributed by atoms with E-state index in [0.29, 0.717) is 17.3 Å². The topological polar surface area (TPSA) is 109 Å². The number of pyridine rings is 2. The second-order valence-electron chi connectivity index (χ2n) is 7.84. The van der Waals surface area contributed by atoms with Crippen molar-refractivity contribution in [2.45, 2.75) is 18.9 Å². The van der Waals surface area contributed by atoms with Crippen LogP contribution in [0, 0.1) is 5.82 Å². The molecule has 9 nitrogen and oxygen atoms in total. The van der Waals surface area contributed by atoms with Crippen LogP contribution in [0.1, 0.15) is 18.9 Å². The van der Waals surface area contributed by atoms with E-state index in [1.807, 2.05) is 22.8 Å². The summed E-state index contributed by atoms with van der Waals surface area (Å²) >= 11 is 0. The highest BCUT2D eigenvalue weighted by atomic mass is 19.1. The lowest BCUT2D eigenvalue weighted by Crippen LogP contribution is -2.29. The molecule has 5 aromatic heterocycles. The zero-order chi connectivity index (χ0) is 21.5. The molecule has 0 atom stereocenters. The van der Waals surface area contributed by atoms with E-state index in [4.69, 9.17) is 0 Å². The predicted octanol–water partition coefficient (Wildman–Crippen LogP) is 3.57. The Morgan fingerprint density at radius 3 is 2.88 bits per heavy atom. The van der Waals surface area contributed by atoms with Gasteiger partial charge in [0.15, 0.2) is 23.1 Å². The van der Waals surface area contributed by atoms with Gasteiger partial charge < -0.3 is 15.2 Å². The van der Waals surface area contributed by atoms with Crippen LogP contribution in [0.15, 0.2) is 49.2 Å². The van der Waals surface area contributed by atoms with Gasteiger partial charge in [0, 0.05) is 47.8 Å². The molecule has 0 aliphatic carbocycles. The van der Waals surface area contributed by atoms with Gasteiger partial charge >= 0.3 is 0 Å². The maximum Gasteiger partial charge on any atom is 0.168 e. The summed E-state index contributed by atoms with van der Waals surface area (Å²) < 4.78 is 16.4. The first-order chi connectivity index (χ1) is 15.8. The molecule has 0 aromatic carbocycles. The van der Waals surface area contributed by atoms with Crippen molar-refractivity contribution in [1.29, 1.82) is 0 Å². The first-order valence-electron chi connectivity index (χ1n) is 10.5. The average Bonchev–Trinajstić information content (AvgIpc) is 3.43. The van der Waals surface area contributed by atoms with Gasteiger partial charge in [0.25, 0.3) is 0 Å². The van der Waals surface area contributed by atoms with Gasteiger partial charge in [-0.2, -0.15) is 5.10 Å². The smallest absolute Gasteiger partial charge is 0.168 e. The number of hydrogen-bond acceptors (Lipinski definition) is 7. The molecule has 0 unspecified atom stereocenters. The normalized spacial score (nSPS) is 14.9. The van der Waals surface area contributed by atoms with Gasteiger partial charge in [-0.15, -0.1) is 0 Å². The standard InChI is InChI=1S/C22H20FN9/c23-16-12-32(13-1-5-24-6-2-13)22-21(16)27-11-20(29-22)28-19-9-18(30-31-19)14-3-8-26-17-4-7-25-10-15(14)17/h3-4,7-13,24H,1-2,5-6H2,(H2,28,29,30,31). The third kappa shape index (κ3) is 3.25. The Morgan fingerprint density at radius 2 is 1.97 bits per heavy atom. The lowest BCUT2D eigenvalue weighted by atomic mass is 10.1. The molecule has 1 fully saturated rings. The van der Waals surface area contributed by atoms with E-state index in [9.17, 15) is 4.39 Å². The fourth-order valence-electron chi connectivity index (χ4n) is 4.27. The zero-order valence-corrected chi connectivity index (χ0v) is 17.1. The van der Waals surface area contributed by atoms with Crippen molar-refractivity contribution in [3.63, 3.8) is 0 Å². The van der Waals surface area contributed by atoms with E-state index in [0.717, 1.165) is 48.1 Å². The maximum absolute atomic E-state index is 14.5. The van der Waals surface area contributed by atoms with Crippen LogP contribution in [0.25, 0.3) is 33.3 Å². The molecule has 0 spiro atoms. The Kier molecular flexibility index (Phi) is 4.50. The number of nitrogens with one attached hydrogen (secondary N) is 3. The van der Waals surface area contributed by atoms with Crippen LogP contribution in [0.2, 0.25) is 0 Å². The number of rotatable bonds is 4. The number of piperidine rings is 1. The second-order valence-corrected chi connectivity index (χ2v) is 7.84. The number of hydrogen-bond donors (Lipinski definition) is 3. The van der Waals surface area contributed by atoms with Crippen molar-refractivity contribution >= 4 is 33.7 Å². The van der Waals surface area contributed by atoms with Crippen molar-refractivity contribution in [1.82, 2.24) is 40.0 Å². The minimum absolute atomic E-state index is 0.207. The highest BCUT2D eigenvalue weighted by molar-refractivity contribution is 5.93. The van der Waals surface area contributed by atoms with E-state index in [2.05, 4.69) is 40.8 Å². The summed E-state index contributed by atoms with van der Waals surface area (Å²) in [6.07, 6.45) is 10.2. The van der Waals surface area contributed by atoms with Gasteiger partial charge in [-0.25, -0.2) is 14.4 Å². The summed E-state index contributed by atoms with van der Waals surface area (Å²) in [7, 11) is 0. The molecule has 1 aliphatic rings. The molecule has 0 amide bonds. The molecule has 0 saturated carbocycles. The van der Waals surface area contributed by atoms with Gasteiger partial charge in [0.1, 0.15) is 5.52 Å². The minimum atomic E-state index is -0.349. The molecule has 1 saturated heterocycles. The Labute approximate surface area is 182 Å². The summed E-state index contributed by atoms with van der Waals surface area (Å²) in [4.78, 5) is 17.5. The van der Waals surface area contributed by atoms with E-state index >= 15 is 0 Å². The summed E-state index contributed by atoms with van der Waals surface area (Å²) in [5, 5.41) is 14.9. The highest BCUT2D eigenvalue weighted by Crippen LogP contribution is 2.29. The third-order valence-corrected chi connectivity index (χ3v) is 5.85. The third-order valence-electron chi connectivity index (χ3n) is 5.85. The fraction of sp³-hybridized carbons (Fsp3) is 0.227. The number of anilines is 2. The van der Waals surface area contributed by atoms with Crippen LogP contribution in [0.3, 0.4) is 0 Å². The van der Waals surface area contributed by atoms with Crippen LogP contribution in [0.4, 0.5) is 16.0 Å². The van der Waals surface area contributed by atoms with Crippen LogP contribution in [-0.2, 0) is 0 Å². The first kappa shape index (κ1) is 18.8. The van der Waals surface area contributed by atoms with E-state index < -0.39 is 0 Å². The van der Waals surface area contributed by atoms with Crippen molar-refractivity contribution in [3.8, 4) is 11.3 Å². The van der Waals surface area contributed by atoms with Crippen molar-refractivity contribution < 1.29 is 4.39 Å². The Morgan fingerprint density at radius 1 is 1.06 bits per heavy atom. The van der Waals surface area contributed by atoms with Gasteiger partial charge in [0.2, 0.25) is 0 Å². The number of H-pyrrole nitrogens is 1. The number of nitrogens with zero attached hydrogens (tertiary/aromatic N) is 6. The molecule has 32 heavy (non-hydrogen) atoms. The fourth-order valence-corrected chi connectivity index (χ4v) is 4.27. The van der Waals surface area contributed by atoms with E-state index in [-0.39, 0.29) is 17.4 Å². The van der Waals surface area contributed by atoms with Crippen LogP contribution in [-0.4, -0.2) is 47.8 Å². The molecule has 10 heteroatoms. The molecule has 3 N–H and O–H groups in total. The number of aromatic nitrogens is 7.